The fraction of sp³-hybridized carbons (Fsp3) is 0.235. The summed E-state index contributed by atoms with van der Waals surface area (Å²) in [5, 5.41) is 6.32. The maximum atomic E-state index is 13.1. The molecule has 0 spiro atoms. The van der Waals surface area contributed by atoms with Crippen LogP contribution in [0.3, 0.4) is 0 Å². The normalized spacial score (nSPS) is 10.3. The summed E-state index contributed by atoms with van der Waals surface area (Å²) in [4.78, 5) is 12.1. The Morgan fingerprint density at radius 2 is 1.91 bits per heavy atom. The highest BCUT2D eigenvalue weighted by molar-refractivity contribution is 6.31. The van der Waals surface area contributed by atoms with Crippen molar-refractivity contribution in [2.24, 2.45) is 0 Å². The van der Waals surface area contributed by atoms with Gasteiger partial charge in [0.1, 0.15) is 11.6 Å². The number of hydrogen-bond acceptors (Lipinski definition) is 3. The van der Waals surface area contributed by atoms with Crippen LogP contribution in [0.2, 0.25) is 5.02 Å². The van der Waals surface area contributed by atoms with Crippen molar-refractivity contribution in [3.63, 3.8) is 0 Å². The number of halogens is 2. The molecule has 23 heavy (non-hydrogen) atoms. The highest BCUT2D eigenvalue weighted by atomic mass is 35.5. The van der Waals surface area contributed by atoms with Crippen molar-refractivity contribution in [2.45, 2.75) is 13.8 Å². The van der Waals surface area contributed by atoms with E-state index in [1.807, 2.05) is 6.92 Å². The Morgan fingerprint density at radius 1 is 1.17 bits per heavy atom. The minimum absolute atomic E-state index is 0.0529. The van der Waals surface area contributed by atoms with E-state index in [-0.39, 0.29) is 18.3 Å². The van der Waals surface area contributed by atoms with Gasteiger partial charge in [0.05, 0.1) is 19.3 Å². The van der Waals surface area contributed by atoms with Crippen LogP contribution in [0.25, 0.3) is 0 Å². The van der Waals surface area contributed by atoms with Crippen LogP contribution in [0.1, 0.15) is 11.1 Å². The molecule has 0 fully saturated rings. The summed E-state index contributed by atoms with van der Waals surface area (Å²) in [6, 6.07) is 7.77. The number of anilines is 2. The Kier molecular flexibility index (Phi) is 5.45. The first-order valence-electron chi connectivity index (χ1n) is 7.04. The van der Waals surface area contributed by atoms with Gasteiger partial charge in [0.25, 0.3) is 0 Å². The van der Waals surface area contributed by atoms with Crippen molar-refractivity contribution in [1.82, 2.24) is 0 Å². The molecule has 6 heteroatoms. The quantitative estimate of drug-likeness (QED) is 0.862. The molecule has 2 aromatic rings. The molecular formula is C17H18ClFN2O2. The van der Waals surface area contributed by atoms with E-state index in [9.17, 15) is 9.18 Å². The van der Waals surface area contributed by atoms with Gasteiger partial charge in [-0.1, -0.05) is 11.6 Å². The molecule has 0 unspecified atom stereocenters. The van der Waals surface area contributed by atoms with Gasteiger partial charge in [-0.25, -0.2) is 4.39 Å². The second kappa shape index (κ2) is 7.33. The van der Waals surface area contributed by atoms with E-state index in [1.54, 1.807) is 25.1 Å². The first kappa shape index (κ1) is 17.1. The highest BCUT2D eigenvalue weighted by Crippen LogP contribution is 2.30. The Balaban J connectivity index is 2.04. The number of amides is 1. The maximum absolute atomic E-state index is 13.1. The molecule has 0 atom stereocenters. The fourth-order valence-electron chi connectivity index (χ4n) is 2.13. The highest BCUT2D eigenvalue weighted by Gasteiger charge is 2.10. The molecular weight excluding hydrogens is 319 g/mol. The largest absolute Gasteiger partial charge is 0.495 e. The molecule has 0 aromatic heterocycles. The van der Waals surface area contributed by atoms with Gasteiger partial charge in [-0.2, -0.15) is 0 Å². The minimum Gasteiger partial charge on any atom is -0.495 e. The van der Waals surface area contributed by atoms with E-state index in [0.29, 0.717) is 22.1 Å². The van der Waals surface area contributed by atoms with Crippen molar-refractivity contribution in [1.29, 1.82) is 0 Å². The van der Waals surface area contributed by atoms with Crippen LogP contribution in [0, 0.1) is 19.7 Å². The van der Waals surface area contributed by atoms with Gasteiger partial charge >= 0.3 is 0 Å². The Morgan fingerprint density at radius 3 is 2.57 bits per heavy atom. The number of methoxy groups -OCH3 is 1. The molecule has 0 radical (unpaired) electrons. The molecule has 2 N–H and O–H groups in total. The lowest BCUT2D eigenvalue weighted by Crippen LogP contribution is -2.22. The van der Waals surface area contributed by atoms with Crippen LogP contribution in [0.4, 0.5) is 15.8 Å². The summed E-state index contributed by atoms with van der Waals surface area (Å²) in [6.07, 6.45) is 0. The fourth-order valence-corrected chi connectivity index (χ4v) is 2.28. The maximum Gasteiger partial charge on any atom is 0.243 e. The van der Waals surface area contributed by atoms with Crippen LogP contribution >= 0.6 is 11.6 Å². The van der Waals surface area contributed by atoms with Crippen LogP contribution in [0.15, 0.2) is 30.3 Å². The Bertz CT molecular complexity index is 735. The third kappa shape index (κ3) is 4.36. The Hall–Kier alpha value is -2.27. The molecule has 0 aliphatic carbocycles. The average Bonchev–Trinajstić information content (AvgIpc) is 2.49. The lowest BCUT2D eigenvalue weighted by molar-refractivity contribution is -0.114. The zero-order valence-corrected chi connectivity index (χ0v) is 13.9. The first-order valence-corrected chi connectivity index (χ1v) is 7.42. The number of carbonyl (C=O) groups is 1. The smallest absolute Gasteiger partial charge is 0.243 e. The van der Waals surface area contributed by atoms with E-state index in [0.717, 1.165) is 11.1 Å². The second-order valence-electron chi connectivity index (χ2n) is 5.16. The molecule has 0 aliphatic heterocycles. The van der Waals surface area contributed by atoms with E-state index < -0.39 is 0 Å². The predicted octanol–water partition coefficient (Wildman–Crippen LogP) is 4.16. The molecule has 122 valence electrons. The van der Waals surface area contributed by atoms with Gasteiger partial charge in [0.2, 0.25) is 5.91 Å². The minimum atomic E-state index is -0.307. The SMILES string of the molecule is COc1cc(Cl)c(C)cc1NC(=O)CNc1ccc(F)cc1C. The number of carbonyl (C=O) groups excluding carboxylic acids is 1. The molecule has 1 amide bonds. The van der Waals surface area contributed by atoms with Crippen LogP contribution in [0.5, 0.6) is 5.75 Å². The van der Waals surface area contributed by atoms with Crippen molar-refractivity contribution in [3.05, 3.63) is 52.3 Å². The zero-order valence-electron chi connectivity index (χ0n) is 13.2. The molecule has 0 saturated carbocycles. The zero-order chi connectivity index (χ0) is 17.0. The summed E-state index contributed by atoms with van der Waals surface area (Å²) in [6.45, 7) is 3.67. The lowest BCUT2D eigenvalue weighted by atomic mass is 10.2. The third-order valence-electron chi connectivity index (χ3n) is 3.38. The number of hydrogen-bond donors (Lipinski definition) is 2. The molecule has 0 bridgehead atoms. The molecule has 0 aliphatic rings. The average molecular weight is 337 g/mol. The first-order chi connectivity index (χ1) is 10.9. The van der Waals surface area contributed by atoms with Crippen molar-refractivity contribution >= 4 is 28.9 Å². The van der Waals surface area contributed by atoms with Gasteiger partial charge in [0.15, 0.2) is 0 Å². The standard InChI is InChI=1S/C17H18ClFN2O2/c1-10-7-15(16(23-3)8-13(10)18)21-17(22)9-20-14-5-4-12(19)6-11(14)2/h4-8,20H,9H2,1-3H3,(H,21,22). The number of ether oxygens (including phenoxy) is 1. The van der Waals surface area contributed by atoms with Gasteiger partial charge in [-0.3, -0.25) is 4.79 Å². The summed E-state index contributed by atoms with van der Waals surface area (Å²) in [7, 11) is 1.51. The van der Waals surface area contributed by atoms with Gasteiger partial charge < -0.3 is 15.4 Å². The summed E-state index contributed by atoms with van der Waals surface area (Å²) < 4.78 is 18.3. The topological polar surface area (TPSA) is 50.4 Å². The molecule has 0 saturated heterocycles. The molecule has 0 heterocycles. The van der Waals surface area contributed by atoms with E-state index >= 15 is 0 Å². The van der Waals surface area contributed by atoms with Gasteiger partial charge in [-0.15, -0.1) is 0 Å². The van der Waals surface area contributed by atoms with E-state index in [2.05, 4.69) is 10.6 Å². The number of nitrogens with one attached hydrogen (secondary N) is 2. The molecule has 2 rings (SSSR count). The predicted molar refractivity (Wildman–Crippen MR) is 91.0 cm³/mol. The van der Waals surface area contributed by atoms with E-state index in [1.165, 1.54) is 19.2 Å². The summed E-state index contributed by atoms with van der Waals surface area (Å²) >= 11 is 6.04. The third-order valence-corrected chi connectivity index (χ3v) is 3.79. The van der Waals surface area contributed by atoms with Crippen molar-refractivity contribution < 1.29 is 13.9 Å². The van der Waals surface area contributed by atoms with Gasteiger partial charge in [0, 0.05) is 16.8 Å². The Labute approximate surface area is 139 Å². The van der Waals surface area contributed by atoms with Crippen LogP contribution in [-0.2, 0) is 4.79 Å². The molecule has 2 aromatic carbocycles. The van der Waals surface area contributed by atoms with Crippen molar-refractivity contribution in [3.8, 4) is 5.75 Å². The van der Waals surface area contributed by atoms with Crippen LogP contribution in [-0.4, -0.2) is 19.6 Å². The second-order valence-corrected chi connectivity index (χ2v) is 5.57. The number of aryl methyl sites for hydroxylation is 2. The monoisotopic (exact) mass is 336 g/mol. The van der Waals surface area contributed by atoms with E-state index in [4.69, 9.17) is 16.3 Å². The van der Waals surface area contributed by atoms with Crippen molar-refractivity contribution in [2.75, 3.05) is 24.3 Å². The van der Waals surface area contributed by atoms with Crippen LogP contribution < -0.4 is 15.4 Å². The van der Waals surface area contributed by atoms with Gasteiger partial charge in [-0.05, 0) is 49.2 Å². The number of benzene rings is 2. The summed E-state index contributed by atoms with van der Waals surface area (Å²) in [5.41, 5.74) is 2.83. The summed E-state index contributed by atoms with van der Waals surface area (Å²) in [5.74, 6) is -0.0560. The number of rotatable bonds is 5. The molecule has 4 nitrogen and oxygen atoms in total. The lowest BCUT2D eigenvalue weighted by Gasteiger charge is -2.13.